The molecule has 1 saturated heterocycles. The summed E-state index contributed by atoms with van der Waals surface area (Å²) < 4.78 is 2.23. The number of aromatic nitrogens is 3. The molecule has 0 saturated carbocycles. The molecule has 2 aromatic heterocycles. The Labute approximate surface area is 144 Å². The first-order valence-corrected chi connectivity index (χ1v) is 8.73. The molecule has 1 aliphatic rings. The van der Waals surface area contributed by atoms with Crippen molar-refractivity contribution in [1.29, 1.82) is 0 Å². The highest BCUT2D eigenvalue weighted by atomic mass is 15.3. The van der Waals surface area contributed by atoms with Gasteiger partial charge in [-0.15, -0.1) is 0 Å². The molecule has 126 valence electrons. The van der Waals surface area contributed by atoms with Gasteiger partial charge in [0, 0.05) is 25.8 Å². The van der Waals surface area contributed by atoms with Crippen molar-refractivity contribution in [3.8, 4) is 0 Å². The minimum absolute atomic E-state index is 0.486. The first-order chi connectivity index (χ1) is 11.6. The third-order valence-corrected chi connectivity index (χ3v) is 4.48. The third-order valence-electron chi connectivity index (χ3n) is 4.48. The maximum absolute atomic E-state index is 4.81. The lowest BCUT2D eigenvalue weighted by molar-refractivity contribution is 0.486. The molecule has 4 rings (SSSR count). The Morgan fingerprint density at radius 3 is 2.38 bits per heavy atom. The quantitative estimate of drug-likeness (QED) is 0.708. The zero-order valence-corrected chi connectivity index (χ0v) is 15.2. The number of anilines is 1. The van der Waals surface area contributed by atoms with Gasteiger partial charge in [0.2, 0.25) is 0 Å². The number of hydrogen-bond donors (Lipinski definition) is 0. The highest BCUT2D eigenvalue weighted by molar-refractivity contribution is 5.76. The fourth-order valence-electron chi connectivity index (χ4n) is 3.34. The molecule has 0 radical (unpaired) electrons. The molecule has 4 nitrogen and oxygen atoms in total. The van der Waals surface area contributed by atoms with E-state index >= 15 is 0 Å². The van der Waals surface area contributed by atoms with E-state index in [4.69, 9.17) is 4.98 Å². The van der Waals surface area contributed by atoms with E-state index in [1.165, 1.54) is 16.9 Å². The van der Waals surface area contributed by atoms with Gasteiger partial charge in [0.25, 0.3) is 0 Å². The number of benzene rings is 1. The van der Waals surface area contributed by atoms with Crippen molar-refractivity contribution in [2.24, 2.45) is 7.05 Å². The molecule has 1 aromatic carbocycles. The van der Waals surface area contributed by atoms with E-state index in [1.807, 2.05) is 19.9 Å². The Morgan fingerprint density at radius 2 is 1.71 bits per heavy atom. The lowest BCUT2D eigenvalue weighted by Gasteiger charge is -2.39. The van der Waals surface area contributed by atoms with Gasteiger partial charge in [0.1, 0.15) is 11.6 Å². The standard InChI is InChI=1S/C18H20N4.C2H6/c1-12-8-13(2)19-17(9-12)22-10-14(11-22)18-20-15-6-4-5-7-16(15)21(18)3;1-2/h4-9,14H,10-11H2,1-3H3;1-2H3. The van der Waals surface area contributed by atoms with Crippen molar-refractivity contribution in [3.05, 3.63) is 53.5 Å². The van der Waals surface area contributed by atoms with Gasteiger partial charge in [0.05, 0.1) is 17.0 Å². The summed E-state index contributed by atoms with van der Waals surface area (Å²) in [5.74, 6) is 2.76. The van der Waals surface area contributed by atoms with E-state index in [2.05, 4.69) is 65.7 Å². The fourth-order valence-corrected chi connectivity index (χ4v) is 3.34. The van der Waals surface area contributed by atoms with Crippen LogP contribution in [0.5, 0.6) is 0 Å². The minimum Gasteiger partial charge on any atom is -0.355 e. The molecule has 24 heavy (non-hydrogen) atoms. The number of rotatable bonds is 2. The summed E-state index contributed by atoms with van der Waals surface area (Å²) in [5.41, 5.74) is 4.65. The first kappa shape index (κ1) is 16.5. The van der Waals surface area contributed by atoms with Crippen LogP contribution in [-0.4, -0.2) is 27.6 Å². The van der Waals surface area contributed by atoms with Gasteiger partial charge in [-0.1, -0.05) is 26.0 Å². The van der Waals surface area contributed by atoms with Gasteiger partial charge in [-0.3, -0.25) is 0 Å². The second-order valence-corrected chi connectivity index (χ2v) is 6.26. The molecule has 0 unspecified atom stereocenters. The second kappa shape index (κ2) is 6.63. The number of nitrogens with zero attached hydrogens (tertiary/aromatic N) is 4. The SMILES string of the molecule is CC.Cc1cc(C)nc(N2CC(c3nc4ccccc4n3C)C2)c1. The van der Waals surface area contributed by atoms with Crippen LogP contribution in [0.4, 0.5) is 5.82 Å². The Kier molecular flexibility index (Phi) is 4.56. The summed E-state index contributed by atoms with van der Waals surface area (Å²) in [5, 5.41) is 0. The van der Waals surface area contributed by atoms with Gasteiger partial charge in [0.15, 0.2) is 0 Å². The van der Waals surface area contributed by atoms with Gasteiger partial charge in [-0.25, -0.2) is 9.97 Å². The van der Waals surface area contributed by atoms with Crippen LogP contribution in [0.3, 0.4) is 0 Å². The van der Waals surface area contributed by atoms with Gasteiger partial charge in [-0.2, -0.15) is 0 Å². The average Bonchev–Trinajstić information content (AvgIpc) is 2.85. The van der Waals surface area contributed by atoms with Crippen LogP contribution in [-0.2, 0) is 7.05 Å². The zero-order chi connectivity index (χ0) is 17.3. The molecule has 0 amide bonds. The summed E-state index contributed by atoms with van der Waals surface area (Å²) >= 11 is 0. The largest absolute Gasteiger partial charge is 0.355 e. The van der Waals surface area contributed by atoms with Crippen LogP contribution in [0.25, 0.3) is 11.0 Å². The average molecular weight is 322 g/mol. The van der Waals surface area contributed by atoms with E-state index < -0.39 is 0 Å². The number of para-hydroxylation sites is 2. The van der Waals surface area contributed by atoms with Crippen molar-refractivity contribution in [2.45, 2.75) is 33.6 Å². The van der Waals surface area contributed by atoms with Crippen LogP contribution in [0.15, 0.2) is 36.4 Å². The number of fused-ring (bicyclic) bond motifs is 1. The number of hydrogen-bond acceptors (Lipinski definition) is 3. The van der Waals surface area contributed by atoms with Crippen LogP contribution in [0, 0.1) is 13.8 Å². The van der Waals surface area contributed by atoms with Gasteiger partial charge < -0.3 is 9.47 Å². The molecule has 0 spiro atoms. The van der Waals surface area contributed by atoms with E-state index in [1.54, 1.807) is 0 Å². The van der Waals surface area contributed by atoms with Crippen LogP contribution in [0.1, 0.15) is 36.8 Å². The number of pyridine rings is 1. The fraction of sp³-hybridized carbons (Fsp3) is 0.400. The highest BCUT2D eigenvalue weighted by Crippen LogP contribution is 2.32. The number of aryl methyl sites for hydroxylation is 3. The van der Waals surface area contributed by atoms with Crippen molar-refractivity contribution in [1.82, 2.24) is 14.5 Å². The highest BCUT2D eigenvalue weighted by Gasteiger charge is 2.32. The second-order valence-electron chi connectivity index (χ2n) is 6.26. The maximum atomic E-state index is 4.81. The Hall–Kier alpha value is -2.36. The maximum Gasteiger partial charge on any atom is 0.129 e. The third kappa shape index (κ3) is 2.88. The van der Waals surface area contributed by atoms with Crippen LogP contribution in [0.2, 0.25) is 0 Å². The van der Waals surface area contributed by atoms with E-state index in [9.17, 15) is 0 Å². The minimum atomic E-state index is 0.486. The summed E-state index contributed by atoms with van der Waals surface area (Å²) in [4.78, 5) is 11.8. The summed E-state index contributed by atoms with van der Waals surface area (Å²) in [7, 11) is 2.11. The molecule has 1 aliphatic heterocycles. The number of imidazole rings is 1. The smallest absolute Gasteiger partial charge is 0.129 e. The Balaban J connectivity index is 0.000000815. The predicted octanol–water partition coefficient (Wildman–Crippen LogP) is 4.22. The zero-order valence-electron chi connectivity index (χ0n) is 15.2. The predicted molar refractivity (Wildman–Crippen MR) is 101 cm³/mol. The molecule has 0 aliphatic carbocycles. The topological polar surface area (TPSA) is 34.0 Å². The van der Waals surface area contributed by atoms with Crippen molar-refractivity contribution < 1.29 is 0 Å². The molecule has 3 aromatic rings. The molecule has 0 atom stereocenters. The molecular formula is C20H26N4. The van der Waals surface area contributed by atoms with Gasteiger partial charge in [-0.05, 0) is 43.7 Å². The Morgan fingerprint density at radius 1 is 1.00 bits per heavy atom. The summed E-state index contributed by atoms with van der Waals surface area (Å²) in [6, 6.07) is 12.6. The molecule has 0 bridgehead atoms. The van der Waals surface area contributed by atoms with Crippen LogP contribution >= 0.6 is 0 Å². The summed E-state index contributed by atoms with van der Waals surface area (Å²) in [6.07, 6.45) is 0. The normalized spacial score (nSPS) is 14.3. The molecule has 1 fully saturated rings. The summed E-state index contributed by atoms with van der Waals surface area (Å²) in [6.45, 7) is 10.2. The van der Waals surface area contributed by atoms with E-state index in [-0.39, 0.29) is 0 Å². The van der Waals surface area contributed by atoms with Crippen molar-refractivity contribution in [2.75, 3.05) is 18.0 Å². The molecule has 0 N–H and O–H groups in total. The van der Waals surface area contributed by atoms with E-state index in [0.717, 1.165) is 30.1 Å². The molecular weight excluding hydrogens is 296 g/mol. The van der Waals surface area contributed by atoms with Gasteiger partial charge >= 0.3 is 0 Å². The molecule has 4 heteroatoms. The lowest BCUT2D eigenvalue weighted by Crippen LogP contribution is -2.46. The monoisotopic (exact) mass is 322 g/mol. The van der Waals surface area contributed by atoms with Crippen LogP contribution < -0.4 is 4.90 Å². The molecule has 3 heterocycles. The van der Waals surface area contributed by atoms with Crippen molar-refractivity contribution >= 4 is 16.9 Å². The van der Waals surface area contributed by atoms with E-state index in [0.29, 0.717) is 5.92 Å². The van der Waals surface area contributed by atoms with Crippen molar-refractivity contribution in [3.63, 3.8) is 0 Å². The Bertz CT molecular complexity index is 824. The lowest BCUT2D eigenvalue weighted by atomic mass is 9.99. The first-order valence-electron chi connectivity index (χ1n) is 8.73.